The van der Waals surface area contributed by atoms with Crippen LogP contribution in [0.2, 0.25) is 0 Å². The zero-order chi connectivity index (χ0) is 14.7. The number of aliphatic hydroxyl groups excluding tert-OH is 1. The van der Waals surface area contributed by atoms with Crippen molar-refractivity contribution in [2.45, 2.75) is 50.0 Å². The van der Waals surface area contributed by atoms with Gasteiger partial charge in [0.25, 0.3) is 0 Å². The first-order valence-electron chi connectivity index (χ1n) is 7.68. The zero-order valence-electron chi connectivity index (χ0n) is 12.1. The third-order valence-corrected chi connectivity index (χ3v) is 6.40. The van der Waals surface area contributed by atoms with Crippen LogP contribution < -0.4 is 0 Å². The van der Waals surface area contributed by atoms with Crippen LogP contribution in [0.5, 0.6) is 0 Å². The van der Waals surface area contributed by atoms with Crippen molar-refractivity contribution in [3.05, 3.63) is 56.7 Å². The second-order valence-electron chi connectivity index (χ2n) is 6.01. The maximum absolute atomic E-state index is 11.0. The number of thiophene rings is 1. The zero-order valence-corrected chi connectivity index (χ0v) is 14.5. The molecule has 1 aromatic heterocycles. The summed E-state index contributed by atoms with van der Waals surface area (Å²) >= 11 is 5.24. The van der Waals surface area contributed by atoms with Crippen molar-refractivity contribution in [2.75, 3.05) is 0 Å². The molecule has 1 atom stereocenters. The van der Waals surface area contributed by atoms with E-state index in [2.05, 4.69) is 58.4 Å². The summed E-state index contributed by atoms with van der Waals surface area (Å²) in [6.45, 7) is 0. The SMILES string of the molecule is OC(Cc1ccc(Br)s1)C1(c2ccccc2)CCCCC1. The summed E-state index contributed by atoms with van der Waals surface area (Å²) < 4.78 is 1.14. The fourth-order valence-corrected chi connectivity index (χ4v) is 5.13. The van der Waals surface area contributed by atoms with Crippen LogP contribution in [0.4, 0.5) is 0 Å². The quantitative estimate of drug-likeness (QED) is 0.778. The number of hydrogen-bond donors (Lipinski definition) is 1. The summed E-state index contributed by atoms with van der Waals surface area (Å²) in [4.78, 5) is 1.26. The van der Waals surface area contributed by atoms with Crippen LogP contribution in [0, 0.1) is 0 Å². The largest absolute Gasteiger partial charge is 0.392 e. The number of benzene rings is 1. The molecule has 1 fully saturated rings. The van der Waals surface area contributed by atoms with Crippen molar-refractivity contribution in [3.8, 4) is 0 Å². The fourth-order valence-electron chi connectivity index (χ4n) is 3.61. The monoisotopic (exact) mass is 364 g/mol. The molecule has 112 valence electrons. The van der Waals surface area contributed by atoms with Gasteiger partial charge in [0.15, 0.2) is 0 Å². The second kappa shape index (κ2) is 6.64. The minimum absolute atomic E-state index is 0.0595. The number of halogens is 1. The molecular weight excluding hydrogens is 344 g/mol. The van der Waals surface area contributed by atoms with Gasteiger partial charge in [-0.1, -0.05) is 49.6 Å². The van der Waals surface area contributed by atoms with E-state index in [-0.39, 0.29) is 11.5 Å². The molecule has 21 heavy (non-hydrogen) atoms. The minimum Gasteiger partial charge on any atom is -0.392 e. The minimum atomic E-state index is -0.300. The van der Waals surface area contributed by atoms with Crippen LogP contribution in [-0.4, -0.2) is 11.2 Å². The molecule has 1 heterocycles. The van der Waals surface area contributed by atoms with Gasteiger partial charge in [-0.25, -0.2) is 0 Å². The lowest BCUT2D eigenvalue weighted by Crippen LogP contribution is -2.42. The van der Waals surface area contributed by atoms with Gasteiger partial charge < -0.3 is 5.11 Å². The molecule has 0 saturated heterocycles. The van der Waals surface area contributed by atoms with E-state index in [1.807, 2.05) is 0 Å². The molecular formula is C18H21BrOS. The van der Waals surface area contributed by atoms with Gasteiger partial charge in [0.1, 0.15) is 0 Å². The highest BCUT2D eigenvalue weighted by atomic mass is 79.9. The van der Waals surface area contributed by atoms with Crippen molar-refractivity contribution in [2.24, 2.45) is 0 Å². The standard InChI is InChI=1S/C18H21BrOS/c19-17-10-9-15(21-17)13-16(20)18(11-5-2-6-12-18)14-7-3-1-4-8-14/h1,3-4,7-10,16,20H,2,5-6,11-13H2. The first-order chi connectivity index (χ1) is 10.2. The lowest BCUT2D eigenvalue weighted by molar-refractivity contribution is 0.0545. The van der Waals surface area contributed by atoms with Crippen LogP contribution >= 0.6 is 27.3 Å². The van der Waals surface area contributed by atoms with E-state index in [1.54, 1.807) is 11.3 Å². The Hall–Kier alpha value is -0.640. The van der Waals surface area contributed by atoms with E-state index >= 15 is 0 Å². The molecule has 0 spiro atoms. The van der Waals surface area contributed by atoms with E-state index in [0.717, 1.165) is 23.0 Å². The van der Waals surface area contributed by atoms with Crippen LogP contribution in [0.25, 0.3) is 0 Å². The summed E-state index contributed by atoms with van der Waals surface area (Å²) in [6, 6.07) is 14.8. The molecule has 1 nitrogen and oxygen atoms in total. The average molecular weight is 365 g/mol. The highest BCUT2D eigenvalue weighted by molar-refractivity contribution is 9.11. The van der Waals surface area contributed by atoms with E-state index in [4.69, 9.17) is 0 Å². The first-order valence-corrected chi connectivity index (χ1v) is 9.29. The molecule has 1 aliphatic rings. The molecule has 2 aromatic rings. The maximum atomic E-state index is 11.0. The number of aliphatic hydroxyl groups is 1. The molecule has 0 amide bonds. The highest BCUT2D eigenvalue weighted by Gasteiger charge is 2.40. The third-order valence-electron chi connectivity index (χ3n) is 4.76. The summed E-state index contributed by atoms with van der Waals surface area (Å²) in [5.41, 5.74) is 1.25. The molecule has 0 aliphatic heterocycles. The summed E-state index contributed by atoms with van der Waals surface area (Å²) in [5, 5.41) is 11.0. The average Bonchev–Trinajstić information content (AvgIpc) is 2.94. The Balaban J connectivity index is 1.88. The number of rotatable bonds is 4. The van der Waals surface area contributed by atoms with Gasteiger partial charge in [0.2, 0.25) is 0 Å². The van der Waals surface area contributed by atoms with Gasteiger partial charge >= 0.3 is 0 Å². The van der Waals surface area contributed by atoms with E-state index < -0.39 is 0 Å². The Morgan fingerprint density at radius 2 is 1.76 bits per heavy atom. The van der Waals surface area contributed by atoms with Crippen molar-refractivity contribution in [3.63, 3.8) is 0 Å². The van der Waals surface area contributed by atoms with E-state index in [9.17, 15) is 5.11 Å². The summed E-state index contributed by atoms with van der Waals surface area (Å²) in [7, 11) is 0. The Kier molecular flexibility index (Phi) is 4.82. The van der Waals surface area contributed by atoms with Crippen LogP contribution in [0.1, 0.15) is 42.5 Å². The predicted octanol–water partition coefficient (Wildman–Crippen LogP) is 5.32. The molecule has 0 radical (unpaired) electrons. The second-order valence-corrected chi connectivity index (χ2v) is 8.56. The van der Waals surface area contributed by atoms with E-state index in [0.29, 0.717) is 0 Å². The van der Waals surface area contributed by atoms with Gasteiger partial charge in [-0.3, -0.25) is 0 Å². The van der Waals surface area contributed by atoms with Crippen molar-refractivity contribution in [1.82, 2.24) is 0 Å². The van der Waals surface area contributed by atoms with Gasteiger partial charge in [0, 0.05) is 16.7 Å². The predicted molar refractivity (Wildman–Crippen MR) is 92.9 cm³/mol. The lowest BCUT2D eigenvalue weighted by atomic mass is 9.65. The Bertz CT molecular complexity index is 572. The summed E-state index contributed by atoms with van der Waals surface area (Å²) in [6.07, 6.45) is 6.40. The smallest absolute Gasteiger partial charge is 0.0701 e. The van der Waals surface area contributed by atoms with Crippen molar-refractivity contribution >= 4 is 27.3 Å². The molecule has 1 aromatic carbocycles. The normalized spacial score (nSPS) is 19.3. The Morgan fingerprint density at radius 1 is 1.05 bits per heavy atom. The molecule has 1 unspecified atom stereocenters. The van der Waals surface area contributed by atoms with Crippen LogP contribution in [0.3, 0.4) is 0 Å². The topological polar surface area (TPSA) is 20.2 Å². The molecule has 3 rings (SSSR count). The van der Waals surface area contributed by atoms with E-state index in [1.165, 1.54) is 29.7 Å². The van der Waals surface area contributed by atoms with Crippen LogP contribution in [0.15, 0.2) is 46.3 Å². The summed E-state index contributed by atoms with van der Waals surface area (Å²) in [5.74, 6) is 0. The Morgan fingerprint density at radius 3 is 2.38 bits per heavy atom. The lowest BCUT2D eigenvalue weighted by Gasteiger charge is -2.42. The third kappa shape index (κ3) is 3.25. The first kappa shape index (κ1) is 15.3. The highest BCUT2D eigenvalue weighted by Crippen LogP contribution is 2.43. The molecule has 1 N–H and O–H groups in total. The molecule has 0 bridgehead atoms. The van der Waals surface area contributed by atoms with Gasteiger partial charge in [0.05, 0.1) is 9.89 Å². The van der Waals surface area contributed by atoms with Crippen molar-refractivity contribution in [1.29, 1.82) is 0 Å². The molecule has 1 saturated carbocycles. The van der Waals surface area contributed by atoms with Gasteiger partial charge in [-0.05, 0) is 46.5 Å². The fraction of sp³-hybridized carbons (Fsp3) is 0.444. The maximum Gasteiger partial charge on any atom is 0.0701 e. The number of hydrogen-bond acceptors (Lipinski definition) is 2. The molecule has 1 aliphatic carbocycles. The van der Waals surface area contributed by atoms with Crippen molar-refractivity contribution < 1.29 is 5.11 Å². The molecule has 3 heteroatoms. The van der Waals surface area contributed by atoms with Crippen LogP contribution in [-0.2, 0) is 11.8 Å². The Labute approximate surface area is 139 Å². The van der Waals surface area contributed by atoms with Gasteiger partial charge in [-0.15, -0.1) is 11.3 Å². The van der Waals surface area contributed by atoms with Gasteiger partial charge in [-0.2, -0.15) is 0 Å².